The monoisotopic (exact) mass is 185 g/mol. The second-order valence-corrected chi connectivity index (χ2v) is 2.78. The molecule has 0 unspecified atom stereocenters. The molecule has 1 aromatic heterocycles. The van der Waals surface area contributed by atoms with Crippen LogP contribution in [0.2, 0.25) is 0 Å². The van der Waals surface area contributed by atoms with Crippen LogP contribution in [0.15, 0.2) is 4.52 Å². The topological polar surface area (TPSA) is 74.2 Å². The molecule has 2 N–H and O–H groups in total. The van der Waals surface area contributed by atoms with Crippen LogP contribution < -0.4 is 5.73 Å². The molecule has 0 amide bonds. The summed E-state index contributed by atoms with van der Waals surface area (Å²) >= 11 is 0. The van der Waals surface area contributed by atoms with Crippen LogP contribution in [-0.4, -0.2) is 23.4 Å². The fourth-order valence-corrected chi connectivity index (χ4v) is 0.862. The normalized spacial score (nSPS) is 13.2. The molecule has 0 bridgehead atoms. The van der Waals surface area contributed by atoms with Gasteiger partial charge < -0.3 is 15.0 Å². The van der Waals surface area contributed by atoms with Crippen molar-refractivity contribution < 1.29 is 9.26 Å². The van der Waals surface area contributed by atoms with Gasteiger partial charge in [-0.05, 0) is 13.8 Å². The van der Waals surface area contributed by atoms with Gasteiger partial charge in [0, 0.05) is 13.0 Å². The van der Waals surface area contributed by atoms with Gasteiger partial charge in [0.1, 0.15) is 0 Å². The lowest BCUT2D eigenvalue weighted by molar-refractivity contribution is 0.149. The van der Waals surface area contributed by atoms with Gasteiger partial charge in [-0.25, -0.2) is 0 Å². The molecule has 13 heavy (non-hydrogen) atoms. The second-order valence-electron chi connectivity index (χ2n) is 2.78. The first-order chi connectivity index (χ1) is 6.24. The Labute approximate surface area is 77.3 Å². The van der Waals surface area contributed by atoms with Gasteiger partial charge in [0.15, 0.2) is 5.82 Å². The van der Waals surface area contributed by atoms with E-state index in [4.69, 9.17) is 15.0 Å². The van der Waals surface area contributed by atoms with E-state index in [0.717, 1.165) is 0 Å². The number of hydrogen-bond donors (Lipinski definition) is 1. The van der Waals surface area contributed by atoms with Crippen molar-refractivity contribution in [1.82, 2.24) is 10.1 Å². The van der Waals surface area contributed by atoms with Crippen molar-refractivity contribution in [3.8, 4) is 0 Å². The first-order valence-corrected chi connectivity index (χ1v) is 4.39. The van der Waals surface area contributed by atoms with Crippen molar-refractivity contribution >= 4 is 0 Å². The van der Waals surface area contributed by atoms with Gasteiger partial charge in [0.2, 0.25) is 5.89 Å². The maximum atomic E-state index is 5.55. The Morgan fingerprint density at radius 2 is 2.38 bits per heavy atom. The summed E-state index contributed by atoms with van der Waals surface area (Å²) in [7, 11) is 0. The Hall–Kier alpha value is -0.940. The summed E-state index contributed by atoms with van der Waals surface area (Å²) < 4.78 is 10.1. The van der Waals surface area contributed by atoms with Crippen LogP contribution in [0.25, 0.3) is 0 Å². The van der Waals surface area contributed by atoms with Crippen LogP contribution in [-0.2, 0) is 11.2 Å². The summed E-state index contributed by atoms with van der Waals surface area (Å²) in [6, 6.07) is -0.201. The van der Waals surface area contributed by atoms with E-state index < -0.39 is 0 Å². The zero-order valence-corrected chi connectivity index (χ0v) is 7.99. The average molecular weight is 185 g/mol. The summed E-state index contributed by atoms with van der Waals surface area (Å²) in [5.74, 6) is 1.13. The van der Waals surface area contributed by atoms with Gasteiger partial charge in [-0.3, -0.25) is 0 Å². The zero-order valence-electron chi connectivity index (χ0n) is 7.99. The van der Waals surface area contributed by atoms with Gasteiger partial charge in [0.05, 0.1) is 12.6 Å². The fourth-order valence-electron chi connectivity index (χ4n) is 0.862. The summed E-state index contributed by atoms with van der Waals surface area (Å²) in [5, 5.41) is 3.76. The van der Waals surface area contributed by atoms with E-state index in [1.54, 1.807) is 6.92 Å². The summed E-state index contributed by atoms with van der Waals surface area (Å²) in [6.07, 6.45) is 0.671. The molecular weight excluding hydrogens is 170 g/mol. The Kier molecular flexibility index (Phi) is 3.85. The largest absolute Gasteiger partial charge is 0.381 e. The van der Waals surface area contributed by atoms with Gasteiger partial charge >= 0.3 is 0 Å². The van der Waals surface area contributed by atoms with Crippen molar-refractivity contribution in [1.29, 1.82) is 0 Å². The minimum atomic E-state index is -0.201. The SMILES string of the molecule is CCOCCc1noc([C@@H](C)N)n1. The predicted molar refractivity (Wildman–Crippen MR) is 47.1 cm³/mol. The number of aromatic nitrogens is 2. The molecule has 74 valence electrons. The molecule has 1 atom stereocenters. The van der Waals surface area contributed by atoms with Gasteiger partial charge in [-0.15, -0.1) is 0 Å². The first kappa shape index (κ1) is 10.1. The van der Waals surface area contributed by atoms with Crippen LogP contribution >= 0.6 is 0 Å². The molecule has 0 spiro atoms. The number of rotatable bonds is 5. The fraction of sp³-hybridized carbons (Fsp3) is 0.750. The number of nitrogens with zero attached hydrogens (tertiary/aromatic N) is 2. The molecule has 0 saturated carbocycles. The highest BCUT2D eigenvalue weighted by Crippen LogP contribution is 2.05. The minimum absolute atomic E-state index is 0.201. The standard InChI is InChI=1S/C8H15N3O2/c1-3-12-5-4-7-10-8(6(2)9)13-11-7/h6H,3-5,9H2,1-2H3/t6-/m1/s1. The molecule has 0 aromatic carbocycles. The third-order valence-electron chi connectivity index (χ3n) is 1.55. The third kappa shape index (κ3) is 3.12. The lowest BCUT2D eigenvalue weighted by atomic mass is 10.3. The molecule has 0 aliphatic heterocycles. The van der Waals surface area contributed by atoms with Crippen LogP contribution in [0.1, 0.15) is 31.6 Å². The zero-order chi connectivity index (χ0) is 9.68. The Morgan fingerprint density at radius 1 is 1.62 bits per heavy atom. The van der Waals surface area contributed by atoms with Crippen molar-refractivity contribution in [2.75, 3.05) is 13.2 Å². The molecule has 0 aliphatic rings. The van der Waals surface area contributed by atoms with Crippen molar-refractivity contribution in [2.24, 2.45) is 5.73 Å². The second kappa shape index (κ2) is 4.94. The number of nitrogens with two attached hydrogens (primary N) is 1. The molecule has 5 heteroatoms. The van der Waals surface area contributed by atoms with Gasteiger partial charge in [-0.2, -0.15) is 4.98 Å². The van der Waals surface area contributed by atoms with Crippen LogP contribution in [0.5, 0.6) is 0 Å². The van der Waals surface area contributed by atoms with E-state index in [-0.39, 0.29) is 6.04 Å². The van der Waals surface area contributed by atoms with E-state index in [9.17, 15) is 0 Å². The lowest BCUT2D eigenvalue weighted by Crippen LogP contribution is -2.05. The van der Waals surface area contributed by atoms with E-state index in [0.29, 0.717) is 31.3 Å². The number of hydrogen-bond acceptors (Lipinski definition) is 5. The van der Waals surface area contributed by atoms with E-state index >= 15 is 0 Å². The van der Waals surface area contributed by atoms with E-state index in [1.807, 2.05) is 6.92 Å². The number of ether oxygens (including phenoxy) is 1. The third-order valence-corrected chi connectivity index (χ3v) is 1.55. The lowest BCUT2D eigenvalue weighted by Gasteiger charge is -1.95. The van der Waals surface area contributed by atoms with Gasteiger partial charge in [0.25, 0.3) is 0 Å². The van der Waals surface area contributed by atoms with Gasteiger partial charge in [-0.1, -0.05) is 5.16 Å². The summed E-state index contributed by atoms with van der Waals surface area (Å²) in [6.45, 7) is 5.08. The molecular formula is C8H15N3O2. The van der Waals surface area contributed by atoms with Crippen molar-refractivity contribution in [3.63, 3.8) is 0 Å². The molecule has 0 aliphatic carbocycles. The molecule has 1 rings (SSSR count). The predicted octanol–water partition coefficient (Wildman–Crippen LogP) is 0.668. The quantitative estimate of drug-likeness (QED) is 0.682. The maximum absolute atomic E-state index is 5.55. The minimum Gasteiger partial charge on any atom is -0.381 e. The molecule has 1 heterocycles. The summed E-state index contributed by atoms with van der Waals surface area (Å²) in [4.78, 5) is 4.10. The maximum Gasteiger partial charge on any atom is 0.243 e. The smallest absolute Gasteiger partial charge is 0.243 e. The van der Waals surface area contributed by atoms with Crippen LogP contribution in [0.4, 0.5) is 0 Å². The molecule has 0 radical (unpaired) electrons. The van der Waals surface area contributed by atoms with E-state index in [2.05, 4.69) is 10.1 Å². The highest BCUT2D eigenvalue weighted by atomic mass is 16.5. The Balaban J connectivity index is 2.40. The van der Waals surface area contributed by atoms with Crippen LogP contribution in [0, 0.1) is 0 Å². The molecule has 1 aromatic rings. The highest BCUT2D eigenvalue weighted by Gasteiger charge is 2.09. The molecule has 0 fully saturated rings. The highest BCUT2D eigenvalue weighted by molar-refractivity contribution is 4.90. The van der Waals surface area contributed by atoms with E-state index in [1.165, 1.54) is 0 Å². The Morgan fingerprint density at radius 3 is 2.92 bits per heavy atom. The first-order valence-electron chi connectivity index (χ1n) is 4.39. The van der Waals surface area contributed by atoms with Crippen molar-refractivity contribution in [2.45, 2.75) is 26.3 Å². The van der Waals surface area contributed by atoms with Crippen molar-refractivity contribution in [3.05, 3.63) is 11.7 Å². The van der Waals surface area contributed by atoms with Crippen LogP contribution in [0.3, 0.4) is 0 Å². The summed E-state index contributed by atoms with van der Waals surface area (Å²) in [5.41, 5.74) is 5.55. The molecule has 5 nitrogen and oxygen atoms in total. The average Bonchev–Trinajstić information content (AvgIpc) is 2.53. The Bertz CT molecular complexity index is 247. The molecule has 0 saturated heterocycles.